The van der Waals surface area contributed by atoms with Gasteiger partial charge in [-0.2, -0.15) is 0 Å². The average molecular weight is 514 g/mol. The summed E-state index contributed by atoms with van der Waals surface area (Å²) in [6.07, 6.45) is 1.55. The Kier molecular flexibility index (Phi) is 6.21. The van der Waals surface area contributed by atoms with Crippen LogP contribution in [-0.4, -0.2) is 57.3 Å². The molecule has 5 rings (SSSR count). The first-order chi connectivity index (χ1) is 18.0. The van der Waals surface area contributed by atoms with E-state index >= 15 is 0 Å². The molecule has 3 aromatic rings. The maximum absolute atomic E-state index is 13.2. The minimum Gasteiger partial charge on any atom is -0.456 e. The molecule has 0 spiro atoms. The molecular weight excluding hydrogens is 482 g/mol. The van der Waals surface area contributed by atoms with Gasteiger partial charge in [0, 0.05) is 43.2 Å². The number of urea groups is 1. The highest BCUT2D eigenvalue weighted by atomic mass is 16.6. The van der Waals surface area contributed by atoms with E-state index in [-0.39, 0.29) is 30.1 Å². The smallest absolute Gasteiger partial charge is 0.338 e. The van der Waals surface area contributed by atoms with Gasteiger partial charge in [0.25, 0.3) is 0 Å². The number of ketones is 1. The number of fused-ring (bicyclic) bond motifs is 6. The average Bonchev–Trinajstić information content (AvgIpc) is 3.18. The number of carbonyl (C=O) groups excluding carboxylic acids is 4. The number of esters is 1. The third-order valence-electron chi connectivity index (χ3n) is 7.09. The molecule has 0 saturated carbocycles. The third kappa shape index (κ3) is 4.51. The van der Waals surface area contributed by atoms with E-state index in [1.165, 1.54) is 18.0 Å². The summed E-state index contributed by atoms with van der Waals surface area (Å²) in [6.45, 7) is 10.3. The second-order valence-electron chi connectivity index (χ2n) is 11.0. The van der Waals surface area contributed by atoms with Crippen molar-refractivity contribution in [3.63, 3.8) is 0 Å². The Labute approximate surface area is 221 Å². The van der Waals surface area contributed by atoms with Gasteiger partial charge in [0.15, 0.2) is 5.78 Å². The Morgan fingerprint density at radius 3 is 2.42 bits per heavy atom. The van der Waals surface area contributed by atoms with Gasteiger partial charge in [-0.3, -0.25) is 14.5 Å². The van der Waals surface area contributed by atoms with E-state index in [2.05, 4.69) is 11.1 Å². The molecule has 0 aliphatic carbocycles. The molecule has 2 bridgehead atoms. The van der Waals surface area contributed by atoms with Crippen molar-refractivity contribution in [2.75, 3.05) is 13.6 Å². The highest BCUT2D eigenvalue weighted by Crippen LogP contribution is 2.41. The number of likely N-dealkylation sites (N-methyl/N-ethyl adjacent to an activating group) is 1. The first kappa shape index (κ1) is 25.4. The van der Waals surface area contributed by atoms with Crippen LogP contribution >= 0.6 is 0 Å². The fourth-order valence-corrected chi connectivity index (χ4v) is 5.31. The van der Waals surface area contributed by atoms with Gasteiger partial charge in [0.1, 0.15) is 5.60 Å². The fraction of sp³-hybridized carbons (Fsp3) is 0.333. The maximum atomic E-state index is 13.2. The van der Waals surface area contributed by atoms with Gasteiger partial charge in [-0.25, -0.2) is 9.59 Å². The molecule has 0 radical (unpaired) electrons. The number of aromatic nitrogens is 1. The van der Waals surface area contributed by atoms with Gasteiger partial charge in [-0.15, -0.1) is 0 Å². The molecular formula is C30H31N3O5. The van der Waals surface area contributed by atoms with Crippen molar-refractivity contribution in [2.45, 2.75) is 51.8 Å². The lowest BCUT2D eigenvalue weighted by Crippen LogP contribution is -2.56. The Bertz CT molecular complexity index is 1490. The summed E-state index contributed by atoms with van der Waals surface area (Å²) >= 11 is 0. The first-order valence-electron chi connectivity index (χ1n) is 12.6. The fourth-order valence-electron chi connectivity index (χ4n) is 5.31. The molecule has 1 aromatic heterocycles. The molecule has 1 unspecified atom stereocenters. The number of benzene rings is 2. The van der Waals surface area contributed by atoms with Crippen molar-refractivity contribution in [1.29, 1.82) is 0 Å². The van der Waals surface area contributed by atoms with Crippen LogP contribution in [0.1, 0.15) is 59.4 Å². The van der Waals surface area contributed by atoms with E-state index in [1.807, 2.05) is 51.1 Å². The molecule has 3 amide bonds. The van der Waals surface area contributed by atoms with E-state index in [1.54, 1.807) is 17.0 Å². The van der Waals surface area contributed by atoms with Crippen LogP contribution in [0.25, 0.3) is 10.9 Å². The lowest BCUT2D eigenvalue weighted by atomic mass is 9.88. The molecule has 1 fully saturated rings. The van der Waals surface area contributed by atoms with E-state index in [4.69, 9.17) is 4.74 Å². The van der Waals surface area contributed by atoms with Gasteiger partial charge in [-0.1, -0.05) is 24.8 Å². The van der Waals surface area contributed by atoms with Gasteiger partial charge in [0.2, 0.25) is 5.91 Å². The molecule has 38 heavy (non-hydrogen) atoms. The number of allylic oxidation sites excluding steroid dienone is 1. The summed E-state index contributed by atoms with van der Waals surface area (Å²) in [4.78, 5) is 53.4. The van der Waals surface area contributed by atoms with E-state index < -0.39 is 11.5 Å². The molecule has 2 aliphatic heterocycles. The van der Waals surface area contributed by atoms with Crippen LogP contribution in [0, 0.1) is 0 Å². The SMILES string of the molecule is C=CC(=O)Cc1ccc2c(c1)c1c(n2Cc2ccc(C(=O)OC(C)(C)C)cc2)CN2CC1C(=O)N(C)C2=O. The van der Waals surface area contributed by atoms with E-state index in [0.29, 0.717) is 25.2 Å². The predicted octanol–water partition coefficient (Wildman–Crippen LogP) is 4.43. The van der Waals surface area contributed by atoms with Crippen molar-refractivity contribution < 1.29 is 23.9 Å². The third-order valence-corrected chi connectivity index (χ3v) is 7.09. The van der Waals surface area contributed by atoms with Gasteiger partial charge >= 0.3 is 12.0 Å². The number of amides is 3. The number of rotatable bonds is 6. The normalized spacial score (nSPS) is 17.0. The summed E-state index contributed by atoms with van der Waals surface area (Å²) in [5.41, 5.74) is 4.46. The number of ether oxygens (including phenoxy) is 1. The number of nitrogens with zero attached hydrogens (tertiary/aromatic N) is 3. The second-order valence-corrected chi connectivity index (χ2v) is 11.0. The molecule has 1 saturated heterocycles. The van der Waals surface area contributed by atoms with Crippen molar-refractivity contribution in [3.05, 3.63) is 83.1 Å². The lowest BCUT2D eigenvalue weighted by molar-refractivity contribution is -0.132. The summed E-state index contributed by atoms with van der Waals surface area (Å²) in [6, 6.07) is 12.9. The number of hydrogen-bond donors (Lipinski definition) is 0. The topological polar surface area (TPSA) is 88.9 Å². The van der Waals surface area contributed by atoms with Gasteiger partial charge in [0.05, 0.1) is 18.0 Å². The van der Waals surface area contributed by atoms with Crippen LogP contribution in [0.4, 0.5) is 4.79 Å². The van der Waals surface area contributed by atoms with Gasteiger partial charge < -0.3 is 14.2 Å². The summed E-state index contributed by atoms with van der Waals surface area (Å²) in [7, 11) is 1.52. The Morgan fingerprint density at radius 2 is 1.76 bits per heavy atom. The molecule has 8 nitrogen and oxygen atoms in total. The molecule has 0 N–H and O–H groups in total. The van der Waals surface area contributed by atoms with Crippen LogP contribution in [0.5, 0.6) is 0 Å². The largest absolute Gasteiger partial charge is 0.456 e. The quantitative estimate of drug-likeness (QED) is 0.359. The highest BCUT2D eigenvalue weighted by molar-refractivity contribution is 6.04. The van der Waals surface area contributed by atoms with E-state index in [0.717, 1.165) is 33.3 Å². The van der Waals surface area contributed by atoms with Crippen LogP contribution in [0.2, 0.25) is 0 Å². The summed E-state index contributed by atoms with van der Waals surface area (Å²) in [5.74, 6) is -1.14. The molecule has 2 aromatic carbocycles. The van der Waals surface area contributed by atoms with Crippen LogP contribution < -0.4 is 0 Å². The highest BCUT2D eigenvalue weighted by Gasteiger charge is 2.44. The summed E-state index contributed by atoms with van der Waals surface area (Å²) < 4.78 is 7.61. The Balaban J connectivity index is 1.57. The zero-order valence-corrected chi connectivity index (χ0v) is 22.1. The molecule has 8 heteroatoms. The lowest BCUT2D eigenvalue weighted by Gasteiger charge is -2.41. The predicted molar refractivity (Wildman–Crippen MR) is 143 cm³/mol. The zero-order valence-electron chi connectivity index (χ0n) is 22.1. The van der Waals surface area contributed by atoms with Gasteiger partial charge in [-0.05, 0) is 67.8 Å². The maximum Gasteiger partial charge on any atom is 0.338 e. The van der Waals surface area contributed by atoms with Crippen LogP contribution in [-0.2, 0) is 33.8 Å². The van der Waals surface area contributed by atoms with E-state index in [9.17, 15) is 19.2 Å². The molecule has 1 atom stereocenters. The standard InChI is InChI=1S/C30H31N3O5/c1-6-21(34)13-19-9-12-24-22(14-19)26-23-16-32(29(37)31(5)27(23)35)17-25(26)33(24)15-18-7-10-20(11-8-18)28(36)38-30(2,3)4/h6-12,14,23H,1,13,15-17H2,2-5H3. The molecule has 2 aliphatic rings. The molecule has 196 valence electrons. The van der Waals surface area contributed by atoms with Crippen molar-refractivity contribution >= 4 is 34.6 Å². The first-order valence-corrected chi connectivity index (χ1v) is 12.6. The second kappa shape index (κ2) is 9.28. The van der Waals surface area contributed by atoms with Crippen molar-refractivity contribution in [3.8, 4) is 0 Å². The Hall–Kier alpha value is -4.20. The monoisotopic (exact) mass is 513 g/mol. The van der Waals surface area contributed by atoms with Crippen molar-refractivity contribution in [2.24, 2.45) is 0 Å². The summed E-state index contributed by atoms with van der Waals surface area (Å²) in [5, 5.41) is 0.917. The molecule has 3 heterocycles. The van der Waals surface area contributed by atoms with Crippen molar-refractivity contribution in [1.82, 2.24) is 14.4 Å². The number of imide groups is 1. The van der Waals surface area contributed by atoms with Crippen LogP contribution in [0.3, 0.4) is 0 Å². The van der Waals surface area contributed by atoms with Crippen LogP contribution in [0.15, 0.2) is 55.1 Å². The minimum absolute atomic E-state index is 0.0759. The number of carbonyl (C=O) groups is 4. The minimum atomic E-state index is -0.579. The zero-order chi connectivity index (χ0) is 27.4. The number of hydrogen-bond acceptors (Lipinski definition) is 5. The Morgan fingerprint density at radius 1 is 1.08 bits per heavy atom.